The van der Waals surface area contributed by atoms with E-state index >= 15 is 0 Å². The molecule has 1 aromatic rings. The molecule has 1 aliphatic heterocycles. The van der Waals surface area contributed by atoms with Crippen LogP contribution < -0.4 is 10.1 Å². The summed E-state index contributed by atoms with van der Waals surface area (Å²) in [7, 11) is 1.64. The maximum Gasteiger partial charge on any atom is 0.156 e. The van der Waals surface area contributed by atoms with Crippen LogP contribution in [0.25, 0.3) is 0 Å². The number of ketones is 1. The van der Waals surface area contributed by atoms with Crippen molar-refractivity contribution in [2.45, 2.75) is 38.1 Å². The average Bonchev–Trinajstić information content (AvgIpc) is 2.42. The SMILES string of the molecule is COc1ccc(Br)c(CC(=O)C2(C)CCCCN2)c1. The van der Waals surface area contributed by atoms with Gasteiger partial charge in [0.25, 0.3) is 0 Å². The number of rotatable bonds is 4. The Labute approximate surface area is 122 Å². The number of carbonyl (C=O) groups excluding carboxylic acids is 1. The van der Waals surface area contributed by atoms with Crippen LogP contribution >= 0.6 is 15.9 Å². The molecule has 19 heavy (non-hydrogen) atoms. The molecule has 0 aromatic heterocycles. The molecule has 1 aliphatic rings. The number of halogens is 1. The summed E-state index contributed by atoms with van der Waals surface area (Å²) in [6.07, 6.45) is 3.63. The predicted octanol–water partition coefficient (Wildman–Crippen LogP) is 3.10. The predicted molar refractivity (Wildman–Crippen MR) is 79.7 cm³/mol. The number of methoxy groups -OCH3 is 1. The molecule has 2 rings (SSSR count). The third-order valence-electron chi connectivity index (χ3n) is 3.84. The Kier molecular flexibility index (Phi) is 4.63. The molecule has 1 unspecified atom stereocenters. The first-order chi connectivity index (χ1) is 9.05. The number of ether oxygens (including phenoxy) is 1. The largest absolute Gasteiger partial charge is 0.497 e. The standard InChI is InChI=1S/C15H20BrNO2/c1-15(7-3-4-8-17-15)14(18)10-11-9-12(19-2)5-6-13(11)16/h5-6,9,17H,3-4,7-8,10H2,1-2H3. The van der Waals surface area contributed by atoms with Gasteiger partial charge >= 0.3 is 0 Å². The molecule has 1 aromatic carbocycles. The summed E-state index contributed by atoms with van der Waals surface area (Å²) in [5, 5.41) is 3.37. The van der Waals surface area contributed by atoms with Crippen molar-refractivity contribution >= 4 is 21.7 Å². The molecule has 104 valence electrons. The molecule has 1 N–H and O–H groups in total. The normalized spacial score (nSPS) is 23.1. The number of hydrogen-bond donors (Lipinski definition) is 1. The molecule has 1 fully saturated rings. The van der Waals surface area contributed by atoms with E-state index in [1.54, 1.807) is 7.11 Å². The fourth-order valence-electron chi connectivity index (χ4n) is 2.48. The Morgan fingerprint density at radius 1 is 1.47 bits per heavy atom. The highest BCUT2D eigenvalue weighted by atomic mass is 79.9. The van der Waals surface area contributed by atoms with Crippen molar-refractivity contribution in [1.82, 2.24) is 5.32 Å². The second-order valence-electron chi connectivity index (χ2n) is 5.27. The highest BCUT2D eigenvalue weighted by Crippen LogP contribution is 2.26. The zero-order valence-electron chi connectivity index (χ0n) is 11.5. The Balaban J connectivity index is 2.14. The van der Waals surface area contributed by atoms with Gasteiger partial charge in [0.1, 0.15) is 5.75 Å². The zero-order valence-corrected chi connectivity index (χ0v) is 13.0. The van der Waals surface area contributed by atoms with E-state index in [-0.39, 0.29) is 11.3 Å². The van der Waals surface area contributed by atoms with Gasteiger partial charge in [-0.3, -0.25) is 4.79 Å². The summed E-state index contributed by atoms with van der Waals surface area (Å²) in [6.45, 7) is 2.95. The van der Waals surface area contributed by atoms with E-state index < -0.39 is 0 Å². The molecule has 1 heterocycles. The number of nitrogens with one attached hydrogen (secondary N) is 1. The summed E-state index contributed by atoms with van der Waals surface area (Å²) in [6, 6.07) is 5.74. The maximum absolute atomic E-state index is 12.5. The van der Waals surface area contributed by atoms with Crippen molar-refractivity contribution in [3.63, 3.8) is 0 Å². The first kappa shape index (κ1) is 14.5. The summed E-state index contributed by atoms with van der Waals surface area (Å²) in [4.78, 5) is 12.5. The summed E-state index contributed by atoms with van der Waals surface area (Å²) in [5.74, 6) is 1.04. The summed E-state index contributed by atoms with van der Waals surface area (Å²) in [5.41, 5.74) is 0.610. The van der Waals surface area contributed by atoms with Crippen LogP contribution in [0.2, 0.25) is 0 Å². The lowest BCUT2D eigenvalue weighted by Crippen LogP contribution is -2.52. The van der Waals surface area contributed by atoms with Gasteiger partial charge in [-0.1, -0.05) is 15.9 Å². The van der Waals surface area contributed by atoms with Gasteiger partial charge in [-0.15, -0.1) is 0 Å². The van der Waals surface area contributed by atoms with E-state index in [9.17, 15) is 4.79 Å². The molecule has 3 nitrogen and oxygen atoms in total. The molecule has 0 radical (unpaired) electrons. The Morgan fingerprint density at radius 3 is 2.89 bits per heavy atom. The van der Waals surface area contributed by atoms with E-state index in [2.05, 4.69) is 21.2 Å². The molecule has 1 atom stereocenters. The minimum Gasteiger partial charge on any atom is -0.497 e. The van der Waals surface area contributed by atoms with Crippen LogP contribution in [0.5, 0.6) is 5.75 Å². The zero-order chi connectivity index (χ0) is 13.9. The Hall–Kier alpha value is -0.870. The first-order valence-corrected chi connectivity index (χ1v) is 7.45. The quantitative estimate of drug-likeness (QED) is 0.924. The third kappa shape index (κ3) is 3.37. The summed E-state index contributed by atoms with van der Waals surface area (Å²) >= 11 is 3.50. The molecule has 0 amide bonds. The van der Waals surface area contributed by atoms with E-state index in [0.717, 1.165) is 41.6 Å². The lowest BCUT2D eigenvalue weighted by Gasteiger charge is -2.33. The summed E-state index contributed by atoms with van der Waals surface area (Å²) < 4.78 is 6.17. The maximum atomic E-state index is 12.5. The van der Waals surface area contributed by atoms with Crippen molar-refractivity contribution in [3.05, 3.63) is 28.2 Å². The van der Waals surface area contributed by atoms with Crippen LogP contribution in [0, 0.1) is 0 Å². The Bertz CT molecular complexity index is 467. The van der Waals surface area contributed by atoms with Gasteiger partial charge in [0.05, 0.1) is 12.6 Å². The minimum atomic E-state index is -0.374. The highest BCUT2D eigenvalue weighted by Gasteiger charge is 2.33. The number of carbonyl (C=O) groups is 1. The monoisotopic (exact) mass is 325 g/mol. The van der Waals surface area contributed by atoms with Crippen molar-refractivity contribution in [2.24, 2.45) is 0 Å². The molecule has 4 heteroatoms. The van der Waals surface area contributed by atoms with Gasteiger partial charge in [0.15, 0.2) is 5.78 Å². The molecule has 0 aliphatic carbocycles. The minimum absolute atomic E-state index is 0.251. The number of benzene rings is 1. The topological polar surface area (TPSA) is 38.3 Å². The van der Waals surface area contributed by atoms with Crippen LogP contribution in [0.3, 0.4) is 0 Å². The fraction of sp³-hybridized carbons (Fsp3) is 0.533. The molecule has 0 spiro atoms. The van der Waals surface area contributed by atoms with Crippen LogP contribution in [0.4, 0.5) is 0 Å². The van der Waals surface area contributed by atoms with Gasteiger partial charge in [-0.2, -0.15) is 0 Å². The molecular formula is C15H20BrNO2. The molecule has 0 saturated carbocycles. The molecule has 1 saturated heterocycles. The van der Waals surface area contributed by atoms with Crippen molar-refractivity contribution < 1.29 is 9.53 Å². The molecular weight excluding hydrogens is 306 g/mol. The number of hydrogen-bond acceptors (Lipinski definition) is 3. The van der Waals surface area contributed by atoms with Gasteiger partial charge in [-0.05, 0) is 56.5 Å². The fourth-order valence-corrected chi connectivity index (χ4v) is 2.86. The van der Waals surface area contributed by atoms with Gasteiger partial charge in [0, 0.05) is 10.9 Å². The van der Waals surface area contributed by atoms with Gasteiger partial charge in [0.2, 0.25) is 0 Å². The smallest absolute Gasteiger partial charge is 0.156 e. The first-order valence-electron chi connectivity index (χ1n) is 6.66. The number of Topliss-reactive ketones (excluding diaryl/α,β-unsaturated/α-hetero) is 1. The van der Waals surface area contributed by atoms with Crippen LogP contribution in [0.15, 0.2) is 22.7 Å². The second kappa shape index (κ2) is 6.06. The molecule has 0 bridgehead atoms. The van der Waals surface area contributed by atoms with E-state index in [0.29, 0.717) is 6.42 Å². The second-order valence-corrected chi connectivity index (χ2v) is 6.13. The van der Waals surface area contributed by atoms with Crippen molar-refractivity contribution in [2.75, 3.05) is 13.7 Å². The van der Waals surface area contributed by atoms with Crippen molar-refractivity contribution in [3.8, 4) is 5.75 Å². The number of piperidine rings is 1. The third-order valence-corrected chi connectivity index (χ3v) is 4.61. The highest BCUT2D eigenvalue weighted by molar-refractivity contribution is 9.10. The van der Waals surface area contributed by atoms with E-state index in [1.807, 2.05) is 25.1 Å². The lowest BCUT2D eigenvalue weighted by atomic mass is 9.84. The van der Waals surface area contributed by atoms with Crippen LogP contribution in [0.1, 0.15) is 31.7 Å². The lowest BCUT2D eigenvalue weighted by molar-refractivity contribution is -0.125. The van der Waals surface area contributed by atoms with Gasteiger partial charge < -0.3 is 10.1 Å². The Morgan fingerprint density at radius 2 is 2.26 bits per heavy atom. The van der Waals surface area contributed by atoms with E-state index in [4.69, 9.17) is 4.74 Å². The van der Waals surface area contributed by atoms with Gasteiger partial charge in [-0.25, -0.2) is 0 Å². The van der Waals surface area contributed by atoms with Crippen molar-refractivity contribution in [1.29, 1.82) is 0 Å². The van der Waals surface area contributed by atoms with E-state index in [1.165, 1.54) is 0 Å². The van der Waals surface area contributed by atoms with Crippen LogP contribution in [-0.4, -0.2) is 25.0 Å². The van der Waals surface area contributed by atoms with Crippen LogP contribution in [-0.2, 0) is 11.2 Å². The average molecular weight is 326 g/mol.